The number of hydrazone groups is 1. The summed E-state index contributed by atoms with van der Waals surface area (Å²) in [4.78, 5) is 11.1. The Balaban J connectivity index is 2.54. The van der Waals surface area contributed by atoms with E-state index in [1.54, 1.807) is 6.92 Å². The second-order valence-electron chi connectivity index (χ2n) is 2.77. The first-order valence-electron chi connectivity index (χ1n) is 3.66. The minimum absolute atomic E-state index is 0.130. The minimum Gasteiger partial charge on any atom is -0.385 e. The molecule has 0 aromatic heterocycles. The van der Waals surface area contributed by atoms with Gasteiger partial charge in [-0.15, -0.1) is 0 Å². The first kappa shape index (κ1) is 8.53. The summed E-state index contributed by atoms with van der Waals surface area (Å²) in [6, 6.07) is 2.02. The number of hydrogen-bond acceptors (Lipinski definition) is 4. The van der Waals surface area contributed by atoms with Crippen LogP contribution in [0.25, 0.3) is 0 Å². The lowest BCUT2D eigenvalue weighted by molar-refractivity contribution is -0.128. The maximum Gasteiger partial charge on any atom is 0.250 e. The van der Waals surface area contributed by atoms with Crippen molar-refractivity contribution in [2.24, 2.45) is 16.8 Å². The fourth-order valence-electron chi connectivity index (χ4n) is 0.935. The van der Waals surface area contributed by atoms with Gasteiger partial charge in [-0.3, -0.25) is 4.79 Å². The van der Waals surface area contributed by atoms with Gasteiger partial charge in [-0.25, -0.2) is 5.01 Å². The number of amides is 1. The van der Waals surface area contributed by atoms with Crippen molar-refractivity contribution in [2.45, 2.75) is 13.3 Å². The highest BCUT2D eigenvalue weighted by molar-refractivity contribution is 6.02. The summed E-state index contributed by atoms with van der Waals surface area (Å²) in [5.74, 6) is -0.0108. The van der Waals surface area contributed by atoms with Gasteiger partial charge in [0.05, 0.1) is 25.0 Å². The third kappa shape index (κ3) is 1.72. The smallest absolute Gasteiger partial charge is 0.250 e. The van der Waals surface area contributed by atoms with Crippen LogP contribution in [0.1, 0.15) is 13.3 Å². The number of nitriles is 1. The van der Waals surface area contributed by atoms with Gasteiger partial charge in [0.15, 0.2) is 0 Å². The van der Waals surface area contributed by atoms with E-state index in [1.165, 1.54) is 5.01 Å². The Kier molecular flexibility index (Phi) is 2.29. The van der Waals surface area contributed by atoms with Crippen molar-refractivity contribution >= 4 is 11.7 Å². The molecule has 0 aromatic rings. The van der Waals surface area contributed by atoms with Crippen LogP contribution in [-0.4, -0.2) is 23.3 Å². The summed E-state index contributed by atoms with van der Waals surface area (Å²) in [7, 11) is 0. The molecule has 0 saturated carbocycles. The van der Waals surface area contributed by atoms with Crippen LogP contribution in [0.4, 0.5) is 0 Å². The number of amidine groups is 1. The zero-order valence-electron chi connectivity index (χ0n) is 6.82. The number of rotatable bonds is 2. The first-order valence-corrected chi connectivity index (χ1v) is 3.66. The van der Waals surface area contributed by atoms with Gasteiger partial charge in [0.25, 0.3) is 0 Å². The van der Waals surface area contributed by atoms with Crippen LogP contribution in [0.5, 0.6) is 0 Å². The molecule has 0 saturated heterocycles. The van der Waals surface area contributed by atoms with Crippen molar-refractivity contribution in [1.82, 2.24) is 5.01 Å². The lowest BCUT2D eigenvalue weighted by atomic mass is 10.2. The predicted octanol–water partition coefficient (Wildman–Crippen LogP) is -0.349. The van der Waals surface area contributed by atoms with E-state index in [4.69, 9.17) is 11.0 Å². The molecule has 1 aliphatic heterocycles. The van der Waals surface area contributed by atoms with Gasteiger partial charge in [0.2, 0.25) is 5.91 Å². The molecule has 0 aliphatic carbocycles. The zero-order chi connectivity index (χ0) is 9.14. The Morgan fingerprint density at radius 3 is 3.00 bits per heavy atom. The van der Waals surface area contributed by atoms with Gasteiger partial charge >= 0.3 is 0 Å². The largest absolute Gasteiger partial charge is 0.385 e. The van der Waals surface area contributed by atoms with Gasteiger partial charge in [0, 0.05) is 0 Å². The summed E-state index contributed by atoms with van der Waals surface area (Å²) in [6.45, 7) is 2.06. The zero-order valence-corrected chi connectivity index (χ0v) is 6.82. The molecule has 0 aromatic carbocycles. The lowest BCUT2D eigenvalue weighted by Gasteiger charge is -2.11. The summed E-state index contributed by atoms with van der Waals surface area (Å²) >= 11 is 0. The first-order chi connectivity index (χ1) is 5.63. The summed E-state index contributed by atoms with van der Waals surface area (Å²) < 4.78 is 0. The quantitative estimate of drug-likeness (QED) is 0.608. The molecule has 12 heavy (non-hydrogen) atoms. The number of nitrogens with zero attached hydrogens (tertiary/aromatic N) is 3. The average Bonchev–Trinajstić information content (AvgIpc) is 2.30. The van der Waals surface area contributed by atoms with Crippen molar-refractivity contribution in [2.75, 3.05) is 6.54 Å². The van der Waals surface area contributed by atoms with E-state index in [1.807, 2.05) is 6.07 Å². The Labute approximate surface area is 70.4 Å². The molecular weight excluding hydrogens is 156 g/mol. The fourth-order valence-corrected chi connectivity index (χ4v) is 0.935. The fraction of sp³-hybridized carbons (Fsp3) is 0.571. The summed E-state index contributed by atoms with van der Waals surface area (Å²) in [6.07, 6.45) is 0.179. The number of nitrogens with two attached hydrogens (primary N) is 1. The predicted molar refractivity (Wildman–Crippen MR) is 42.7 cm³/mol. The van der Waals surface area contributed by atoms with E-state index < -0.39 is 0 Å². The van der Waals surface area contributed by atoms with Gasteiger partial charge < -0.3 is 5.73 Å². The van der Waals surface area contributed by atoms with Crippen molar-refractivity contribution in [3.8, 4) is 6.07 Å². The highest BCUT2D eigenvalue weighted by Crippen LogP contribution is 2.07. The maximum atomic E-state index is 11.1. The van der Waals surface area contributed by atoms with Gasteiger partial charge in [-0.2, -0.15) is 10.4 Å². The van der Waals surface area contributed by atoms with Crippen LogP contribution in [0, 0.1) is 17.2 Å². The summed E-state index contributed by atoms with van der Waals surface area (Å²) in [5, 5.41) is 13.5. The van der Waals surface area contributed by atoms with Crippen molar-refractivity contribution in [3.63, 3.8) is 0 Å². The molecule has 0 fully saturated rings. The lowest BCUT2D eigenvalue weighted by Crippen LogP contribution is -2.25. The monoisotopic (exact) mass is 166 g/mol. The van der Waals surface area contributed by atoms with Gasteiger partial charge in [-0.05, 0) is 6.92 Å². The second kappa shape index (κ2) is 3.22. The third-order valence-electron chi connectivity index (χ3n) is 1.54. The molecule has 5 heteroatoms. The molecule has 0 radical (unpaired) electrons. The Morgan fingerprint density at radius 2 is 2.58 bits per heavy atom. The van der Waals surface area contributed by atoms with Crippen LogP contribution in [0.2, 0.25) is 0 Å². The van der Waals surface area contributed by atoms with E-state index in [0.29, 0.717) is 12.4 Å². The maximum absolute atomic E-state index is 11.1. The molecule has 5 nitrogen and oxygen atoms in total. The molecule has 2 N–H and O–H groups in total. The molecule has 64 valence electrons. The number of carbonyl (C=O) groups excluding carboxylic acids is 1. The second-order valence-corrected chi connectivity index (χ2v) is 2.77. The standard InChI is InChI=1S/C7H10N4O/c1-5(3-8)4-11-7(12)2-6(9)10-11/h5H,2,4H2,1H3,(H2,9,10). The molecule has 1 heterocycles. The minimum atomic E-state index is -0.205. The SMILES string of the molecule is CC(C#N)CN1N=C(N)CC1=O. The Bertz CT molecular complexity index is 265. The van der Waals surface area contributed by atoms with Crippen molar-refractivity contribution in [1.29, 1.82) is 5.26 Å². The normalized spacial score (nSPS) is 18.8. The third-order valence-corrected chi connectivity index (χ3v) is 1.54. The molecule has 0 bridgehead atoms. The molecular formula is C7H10N4O. The van der Waals surface area contributed by atoms with E-state index in [2.05, 4.69) is 5.10 Å². The highest BCUT2D eigenvalue weighted by atomic mass is 16.2. The highest BCUT2D eigenvalue weighted by Gasteiger charge is 2.22. The molecule has 0 spiro atoms. The van der Waals surface area contributed by atoms with E-state index in [9.17, 15) is 4.79 Å². The van der Waals surface area contributed by atoms with E-state index in [-0.39, 0.29) is 18.2 Å². The molecule has 1 aliphatic rings. The Hall–Kier alpha value is -1.57. The number of hydrogen-bond donors (Lipinski definition) is 1. The van der Waals surface area contributed by atoms with Crippen LogP contribution in [-0.2, 0) is 4.79 Å². The van der Waals surface area contributed by atoms with E-state index in [0.717, 1.165) is 0 Å². The van der Waals surface area contributed by atoms with Crippen molar-refractivity contribution < 1.29 is 4.79 Å². The van der Waals surface area contributed by atoms with Crippen LogP contribution in [0.3, 0.4) is 0 Å². The molecule has 1 amide bonds. The van der Waals surface area contributed by atoms with Crippen LogP contribution >= 0.6 is 0 Å². The topological polar surface area (TPSA) is 82.5 Å². The average molecular weight is 166 g/mol. The Morgan fingerprint density at radius 1 is 1.92 bits per heavy atom. The van der Waals surface area contributed by atoms with E-state index >= 15 is 0 Å². The number of carbonyl (C=O) groups is 1. The van der Waals surface area contributed by atoms with Crippen molar-refractivity contribution in [3.05, 3.63) is 0 Å². The summed E-state index contributed by atoms with van der Waals surface area (Å²) in [5.41, 5.74) is 5.34. The van der Waals surface area contributed by atoms with Gasteiger partial charge in [-0.1, -0.05) is 0 Å². The molecule has 1 unspecified atom stereocenters. The van der Waals surface area contributed by atoms with Crippen LogP contribution in [0.15, 0.2) is 5.10 Å². The molecule has 1 atom stereocenters. The van der Waals surface area contributed by atoms with Gasteiger partial charge in [0.1, 0.15) is 5.84 Å². The molecule has 1 rings (SSSR count). The van der Waals surface area contributed by atoms with Crippen LogP contribution < -0.4 is 5.73 Å².